The van der Waals surface area contributed by atoms with Crippen molar-refractivity contribution in [3.63, 3.8) is 0 Å². The van der Waals surface area contributed by atoms with E-state index in [1.807, 2.05) is 0 Å². The van der Waals surface area contributed by atoms with Crippen LogP contribution in [0.15, 0.2) is 29.2 Å². The normalized spacial score (nSPS) is 17.8. The fraction of sp³-hybridized carbons (Fsp3) is 0.273. The van der Waals surface area contributed by atoms with E-state index < -0.39 is 28.4 Å². The molecular formula is C11H12N2O7S. The Kier molecular flexibility index (Phi) is 4.29. The summed E-state index contributed by atoms with van der Waals surface area (Å²) in [6, 6.07) is 5.22. The molecule has 3 N–H and O–H groups in total. The summed E-state index contributed by atoms with van der Waals surface area (Å²) < 4.78 is 36.1. The Morgan fingerprint density at radius 3 is 2.57 bits per heavy atom. The van der Waals surface area contributed by atoms with E-state index >= 15 is 0 Å². The molecule has 1 unspecified atom stereocenters. The molecule has 1 aromatic carbocycles. The van der Waals surface area contributed by atoms with E-state index in [4.69, 9.17) is 9.88 Å². The molecule has 1 saturated heterocycles. The molecule has 1 aliphatic heterocycles. The van der Waals surface area contributed by atoms with Crippen molar-refractivity contribution in [2.75, 3.05) is 18.5 Å². The molecular weight excluding hydrogens is 304 g/mol. The van der Waals surface area contributed by atoms with Crippen molar-refractivity contribution in [2.45, 2.75) is 11.0 Å². The first-order valence-electron chi connectivity index (χ1n) is 5.74. The van der Waals surface area contributed by atoms with E-state index in [0.717, 1.165) is 0 Å². The molecule has 2 rings (SSSR count). The first kappa shape index (κ1) is 15.1. The van der Waals surface area contributed by atoms with Crippen LogP contribution in [0.2, 0.25) is 0 Å². The molecule has 1 aliphatic rings. The highest BCUT2D eigenvalue weighted by atomic mass is 32.2. The Morgan fingerprint density at radius 2 is 2.05 bits per heavy atom. The maximum absolute atomic E-state index is 11.5. The quantitative estimate of drug-likeness (QED) is 0.768. The third kappa shape index (κ3) is 4.33. The summed E-state index contributed by atoms with van der Waals surface area (Å²) in [5, 5.41) is 7.32. The largest absolute Gasteiger partial charge is 0.508 e. The molecule has 0 aromatic heterocycles. The van der Waals surface area contributed by atoms with Crippen molar-refractivity contribution in [2.24, 2.45) is 5.14 Å². The maximum atomic E-state index is 11.5. The van der Waals surface area contributed by atoms with Crippen molar-refractivity contribution in [3.05, 3.63) is 24.3 Å². The average molecular weight is 316 g/mol. The van der Waals surface area contributed by atoms with Crippen LogP contribution in [0.5, 0.6) is 0 Å². The summed E-state index contributed by atoms with van der Waals surface area (Å²) >= 11 is 0. The number of carbonyl (C=O) groups excluding carboxylic acids is 2. The number of hydrogen-bond acceptors (Lipinski definition) is 7. The highest BCUT2D eigenvalue weighted by Gasteiger charge is 2.26. The number of cyclic esters (lactones) is 2. The van der Waals surface area contributed by atoms with E-state index in [1.165, 1.54) is 24.3 Å². The van der Waals surface area contributed by atoms with Crippen LogP contribution in [0, 0.1) is 0 Å². The Morgan fingerprint density at radius 1 is 1.38 bits per heavy atom. The second-order valence-corrected chi connectivity index (χ2v) is 5.66. The molecule has 1 heterocycles. The van der Waals surface area contributed by atoms with Crippen molar-refractivity contribution in [3.8, 4) is 0 Å². The summed E-state index contributed by atoms with van der Waals surface area (Å²) in [5.74, 6) is 0. The first-order chi connectivity index (χ1) is 9.84. The minimum Gasteiger partial charge on any atom is -0.445 e. The van der Waals surface area contributed by atoms with Gasteiger partial charge >= 0.3 is 12.2 Å². The number of nitrogens with two attached hydrogens (primary N) is 1. The highest BCUT2D eigenvalue weighted by Crippen LogP contribution is 2.13. The number of sulfonamides is 1. The van der Waals surface area contributed by atoms with Gasteiger partial charge in [-0.1, -0.05) is 0 Å². The Balaban J connectivity index is 1.84. The summed E-state index contributed by atoms with van der Waals surface area (Å²) in [7, 11) is -3.78. The lowest BCUT2D eigenvalue weighted by molar-refractivity contribution is 0.0783. The van der Waals surface area contributed by atoms with Gasteiger partial charge in [0.2, 0.25) is 10.0 Å². The smallest absolute Gasteiger partial charge is 0.445 e. The van der Waals surface area contributed by atoms with Gasteiger partial charge in [0.25, 0.3) is 0 Å². The second kappa shape index (κ2) is 5.97. The number of primary sulfonamides is 1. The Labute approximate surface area is 120 Å². The lowest BCUT2D eigenvalue weighted by Crippen LogP contribution is -2.23. The third-order valence-electron chi connectivity index (χ3n) is 2.48. The molecule has 21 heavy (non-hydrogen) atoms. The number of anilines is 1. The highest BCUT2D eigenvalue weighted by molar-refractivity contribution is 7.89. The maximum Gasteiger partial charge on any atom is 0.508 e. The van der Waals surface area contributed by atoms with Crippen LogP contribution in [0.25, 0.3) is 0 Å². The van der Waals surface area contributed by atoms with Crippen molar-refractivity contribution < 1.29 is 32.2 Å². The number of ether oxygens (including phenoxy) is 3. The van der Waals surface area contributed by atoms with Crippen molar-refractivity contribution in [1.29, 1.82) is 0 Å². The Bertz CT molecular complexity index is 641. The monoisotopic (exact) mass is 316 g/mol. The van der Waals surface area contributed by atoms with Crippen LogP contribution in [-0.2, 0) is 24.2 Å². The Hall–Kier alpha value is -2.33. The molecule has 0 radical (unpaired) electrons. The average Bonchev–Trinajstić information content (AvgIpc) is 2.82. The topological polar surface area (TPSA) is 134 Å². The van der Waals surface area contributed by atoms with Crippen LogP contribution in [-0.4, -0.2) is 40.0 Å². The van der Waals surface area contributed by atoms with Crippen LogP contribution in [0.1, 0.15) is 0 Å². The van der Waals surface area contributed by atoms with Gasteiger partial charge in [-0.15, -0.1) is 0 Å². The molecule has 0 saturated carbocycles. The van der Waals surface area contributed by atoms with Gasteiger partial charge in [-0.05, 0) is 24.3 Å². The lowest BCUT2D eigenvalue weighted by atomic mass is 10.3. The van der Waals surface area contributed by atoms with Crippen molar-refractivity contribution in [1.82, 2.24) is 0 Å². The fourth-order valence-electron chi connectivity index (χ4n) is 1.50. The number of benzene rings is 1. The molecule has 1 amide bonds. The number of amides is 1. The zero-order valence-corrected chi connectivity index (χ0v) is 11.5. The molecule has 9 nitrogen and oxygen atoms in total. The molecule has 10 heteroatoms. The van der Waals surface area contributed by atoms with E-state index in [0.29, 0.717) is 5.69 Å². The van der Waals surface area contributed by atoms with Gasteiger partial charge in [-0.25, -0.2) is 23.1 Å². The molecule has 114 valence electrons. The van der Waals surface area contributed by atoms with Gasteiger partial charge < -0.3 is 14.2 Å². The second-order valence-electron chi connectivity index (χ2n) is 4.09. The van der Waals surface area contributed by atoms with Gasteiger partial charge in [-0.3, -0.25) is 5.32 Å². The van der Waals surface area contributed by atoms with E-state index in [1.54, 1.807) is 0 Å². The molecule has 0 spiro atoms. The minimum absolute atomic E-state index is 0.0230. The molecule has 1 aromatic rings. The van der Waals surface area contributed by atoms with Crippen LogP contribution in [0.4, 0.5) is 15.3 Å². The third-order valence-corrected chi connectivity index (χ3v) is 3.41. The van der Waals surface area contributed by atoms with E-state index in [2.05, 4.69) is 14.8 Å². The zero-order chi connectivity index (χ0) is 15.5. The molecule has 1 atom stereocenters. The van der Waals surface area contributed by atoms with Crippen LogP contribution < -0.4 is 10.5 Å². The number of hydrogen-bond donors (Lipinski definition) is 2. The fourth-order valence-corrected chi connectivity index (χ4v) is 2.01. The summed E-state index contributed by atoms with van der Waals surface area (Å²) in [6.07, 6.45) is -2.21. The van der Waals surface area contributed by atoms with Gasteiger partial charge in [0.1, 0.15) is 13.2 Å². The summed E-state index contributed by atoms with van der Waals surface area (Å²) in [4.78, 5) is 22.0. The van der Waals surface area contributed by atoms with Crippen molar-refractivity contribution >= 4 is 28.0 Å². The number of rotatable bonds is 4. The van der Waals surface area contributed by atoms with Gasteiger partial charge in [0, 0.05) is 5.69 Å². The lowest BCUT2D eigenvalue weighted by Gasteiger charge is -2.09. The summed E-state index contributed by atoms with van der Waals surface area (Å²) in [5.41, 5.74) is 0.326. The molecule has 0 bridgehead atoms. The first-order valence-corrected chi connectivity index (χ1v) is 7.29. The molecule has 1 fully saturated rings. The predicted octanol–water partition coefficient (Wildman–Crippen LogP) is 0.418. The SMILES string of the molecule is NS(=O)(=O)c1ccc(NC(=O)OCC2COC(=O)O2)cc1. The standard InChI is InChI=1S/C11H12N2O7S/c12-21(16,17)9-3-1-7(2-4-9)13-10(14)18-5-8-6-19-11(15)20-8/h1-4,8H,5-6H2,(H,13,14)(H2,12,16,17). The van der Waals surface area contributed by atoms with E-state index in [-0.39, 0.29) is 18.1 Å². The zero-order valence-electron chi connectivity index (χ0n) is 10.6. The summed E-state index contributed by atoms with van der Waals surface area (Å²) in [6.45, 7) is -0.123. The number of nitrogens with one attached hydrogen (secondary N) is 1. The van der Waals surface area contributed by atoms with Gasteiger partial charge in [0.05, 0.1) is 4.90 Å². The van der Waals surface area contributed by atoms with E-state index in [9.17, 15) is 18.0 Å². The van der Waals surface area contributed by atoms with Crippen LogP contribution in [0.3, 0.4) is 0 Å². The predicted molar refractivity (Wildman–Crippen MR) is 69.0 cm³/mol. The molecule has 0 aliphatic carbocycles. The van der Waals surface area contributed by atoms with Gasteiger partial charge in [-0.2, -0.15) is 0 Å². The number of carbonyl (C=O) groups is 2. The minimum atomic E-state index is -3.78. The van der Waals surface area contributed by atoms with Crippen LogP contribution >= 0.6 is 0 Å². The van der Waals surface area contributed by atoms with Gasteiger partial charge in [0.15, 0.2) is 6.10 Å².